The number of rotatable bonds is 7. The number of aliphatic hydroxyl groups excluding tert-OH is 1. The molecule has 2 N–H and O–H groups in total. The van der Waals surface area contributed by atoms with Gasteiger partial charge in [0.05, 0.1) is 12.5 Å². The molecule has 0 amide bonds. The van der Waals surface area contributed by atoms with Crippen LogP contribution in [-0.2, 0) is 4.79 Å². The highest BCUT2D eigenvalue weighted by Gasteiger charge is 2.03. The average Bonchev–Trinajstić information content (AvgIpc) is 2.02. The number of thiol groups is 1. The van der Waals surface area contributed by atoms with Crippen LogP contribution in [0.3, 0.4) is 0 Å². The van der Waals surface area contributed by atoms with Gasteiger partial charge in [0, 0.05) is 0 Å². The lowest BCUT2D eigenvalue weighted by Crippen LogP contribution is -2.09. The van der Waals surface area contributed by atoms with Crippen LogP contribution in [0.15, 0.2) is 12.2 Å². The number of allylic oxidation sites excluding steroid dienone is 1. The second-order valence-electron chi connectivity index (χ2n) is 2.81. The van der Waals surface area contributed by atoms with Crippen molar-refractivity contribution >= 4 is 18.6 Å². The van der Waals surface area contributed by atoms with Gasteiger partial charge in [0.2, 0.25) is 0 Å². The minimum absolute atomic E-state index is 0.219. The lowest BCUT2D eigenvalue weighted by molar-refractivity contribution is -0.138. The minimum Gasteiger partial charge on any atom is -0.481 e. The Morgan fingerprint density at radius 3 is 2.69 bits per heavy atom. The van der Waals surface area contributed by atoms with Crippen LogP contribution in [0, 0.1) is 0 Å². The number of carbonyl (C=O) groups is 1. The molecular formula is C9H16O3S. The van der Waals surface area contributed by atoms with E-state index in [-0.39, 0.29) is 6.42 Å². The van der Waals surface area contributed by atoms with E-state index < -0.39 is 12.1 Å². The third-order valence-corrected chi connectivity index (χ3v) is 1.84. The van der Waals surface area contributed by atoms with Crippen molar-refractivity contribution in [3.05, 3.63) is 12.2 Å². The fourth-order valence-corrected chi connectivity index (χ4v) is 1.10. The first-order chi connectivity index (χ1) is 6.16. The molecule has 0 unspecified atom stereocenters. The molecule has 1 atom stereocenters. The summed E-state index contributed by atoms with van der Waals surface area (Å²) in [6.07, 6.45) is 5.22. The summed E-state index contributed by atoms with van der Waals surface area (Å²) in [5.74, 6) is -0.113. The molecule has 0 saturated heterocycles. The Labute approximate surface area is 83.9 Å². The molecule has 0 rings (SSSR count). The molecule has 76 valence electrons. The van der Waals surface area contributed by atoms with Crippen LogP contribution in [0.2, 0.25) is 0 Å². The summed E-state index contributed by atoms with van der Waals surface area (Å²) >= 11 is 4.06. The van der Waals surface area contributed by atoms with Crippen molar-refractivity contribution in [2.45, 2.75) is 31.8 Å². The predicted molar refractivity (Wildman–Crippen MR) is 55.1 cm³/mol. The fraction of sp³-hybridized carbons (Fsp3) is 0.667. The van der Waals surface area contributed by atoms with E-state index in [2.05, 4.69) is 12.6 Å². The molecule has 0 aromatic carbocycles. The van der Waals surface area contributed by atoms with Gasteiger partial charge in [-0.2, -0.15) is 12.6 Å². The first-order valence-corrected chi connectivity index (χ1v) is 4.97. The summed E-state index contributed by atoms with van der Waals surface area (Å²) < 4.78 is 0. The Balaban J connectivity index is 3.41. The Kier molecular flexibility index (Phi) is 7.83. The van der Waals surface area contributed by atoms with Crippen LogP contribution in [0.5, 0.6) is 0 Å². The van der Waals surface area contributed by atoms with E-state index in [0.717, 1.165) is 25.0 Å². The molecule has 0 aliphatic carbocycles. The van der Waals surface area contributed by atoms with Gasteiger partial charge in [0.15, 0.2) is 0 Å². The molecule has 0 fully saturated rings. The molecule has 0 spiro atoms. The van der Waals surface area contributed by atoms with Crippen molar-refractivity contribution in [1.82, 2.24) is 0 Å². The van der Waals surface area contributed by atoms with Gasteiger partial charge in [0.25, 0.3) is 0 Å². The van der Waals surface area contributed by atoms with Crippen LogP contribution >= 0.6 is 12.6 Å². The van der Waals surface area contributed by atoms with E-state index in [0.29, 0.717) is 0 Å². The summed E-state index contributed by atoms with van der Waals surface area (Å²) in [6.45, 7) is 0. The van der Waals surface area contributed by atoms with Crippen LogP contribution < -0.4 is 0 Å². The lowest BCUT2D eigenvalue weighted by atomic mass is 10.2. The maximum absolute atomic E-state index is 10.1. The zero-order valence-corrected chi connectivity index (χ0v) is 8.41. The zero-order chi connectivity index (χ0) is 10.1. The second-order valence-corrected chi connectivity index (χ2v) is 3.26. The number of carboxylic acid groups (broad SMARTS) is 1. The molecule has 0 aliphatic heterocycles. The van der Waals surface area contributed by atoms with Gasteiger partial charge in [-0.15, -0.1) is 0 Å². The summed E-state index contributed by atoms with van der Waals surface area (Å²) in [5, 5.41) is 17.4. The topological polar surface area (TPSA) is 57.5 Å². The normalized spacial score (nSPS) is 13.4. The molecule has 0 bridgehead atoms. The van der Waals surface area contributed by atoms with E-state index in [1.165, 1.54) is 6.08 Å². The molecule has 0 aliphatic rings. The molecule has 0 aromatic heterocycles. The highest BCUT2D eigenvalue weighted by atomic mass is 32.1. The third kappa shape index (κ3) is 9.43. The van der Waals surface area contributed by atoms with Crippen LogP contribution in [0.1, 0.15) is 25.7 Å². The Morgan fingerprint density at radius 2 is 2.15 bits per heavy atom. The number of unbranched alkanes of at least 4 members (excludes halogenated alkanes) is 2. The molecule has 0 radical (unpaired) electrons. The Bertz CT molecular complexity index is 168. The molecule has 0 aromatic rings. The van der Waals surface area contributed by atoms with Crippen molar-refractivity contribution in [3.63, 3.8) is 0 Å². The molecule has 3 nitrogen and oxygen atoms in total. The maximum Gasteiger partial charge on any atom is 0.306 e. The third-order valence-electron chi connectivity index (χ3n) is 1.52. The monoisotopic (exact) mass is 204 g/mol. The van der Waals surface area contributed by atoms with Crippen LogP contribution in [0.25, 0.3) is 0 Å². The van der Waals surface area contributed by atoms with Gasteiger partial charge in [-0.1, -0.05) is 12.2 Å². The molecule has 0 saturated carbocycles. The van der Waals surface area contributed by atoms with E-state index >= 15 is 0 Å². The largest absolute Gasteiger partial charge is 0.481 e. The molecule has 4 heteroatoms. The maximum atomic E-state index is 10.1. The van der Waals surface area contributed by atoms with Gasteiger partial charge in [-0.05, 0) is 25.0 Å². The van der Waals surface area contributed by atoms with Crippen molar-refractivity contribution in [2.75, 3.05) is 5.75 Å². The van der Waals surface area contributed by atoms with Crippen molar-refractivity contribution in [2.24, 2.45) is 0 Å². The summed E-state index contributed by atoms with van der Waals surface area (Å²) in [7, 11) is 0. The summed E-state index contributed by atoms with van der Waals surface area (Å²) in [5.41, 5.74) is 0. The van der Waals surface area contributed by atoms with Gasteiger partial charge < -0.3 is 10.2 Å². The fourth-order valence-electron chi connectivity index (χ4n) is 0.874. The van der Waals surface area contributed by atoms with Gasteiger partial charge in [-0.25, -0.2) is 0 Å². The van der Waals surface area contributed by atoms with E-state index in [1.54, 1.807) is 0 Å². The number of hydrogen-bond acceptors (Lipinski definition) is 3. The predicted octanol–water partition coefficient (Wildman–Crippen LogP) is 1.48. The Hall–Kier alpha value is -0.480. The zero-order valence-electron chi connectivity index (χ0n) is 7.52. The number of hydrogen-bond donors (Lipinski definition) is 3. The highest BCUT2D eigenvalue weighted by molar-refractivity contribution is 7.80. The molecular weight excluding hydrogens is 188 g/mol. The van der Waals surface area contributed by atoms with Gasteiger partial charge in [-0.3, -0.25) is 4.79 Å². The van der Waals surface area contributed by atoms with Crippen molar-refractivity contribution in [3.8, 4) is 0 Å². The number of carboxylic acids is 1. The number of aliphatic carboxylic acids is 1. The lowest BCUT2D eigenvalue weighted by Gasteiger charge is -1.99. The molecule has 13 heavy (non-hydrogen) atoms. The van der Waals surface area contributed by atoms with Crippen LogP contribution in [-0.4, -0.2) is 28.0 Å². The van der Waals surface area contributed by atoms with Gasteiger partial charge >= 0.3 is 5.97 Å². The first kappa shape index (κ1) is 12.5. The summed E-state index contributed by atoms with van der Waals surface area (Å²) in [4.78, 5) is 10.1. The smallest absolute Gasteiger partial charge is 0.306 e. The quantitative estimate of drug-likeness (QED) is 0.334. The first-order valence-electron chi connectivity index (χ1n) is 4.34. The SMILES string of the molecule is O=C(O)C[C@H](O)/C=C/CCCCS. The van der Waals surface area contributed by atoms with Gasteiger partial charge in [0.1, 0.15) is 0 Å². The van der Waals surface area contributed by atoms with Crippen LogP contribution in [0.4, 0.5) is 0 Å². The van der Waals surface area contributed by atoms with E-state index in [9.17, 15) is 4.79 Å². The van der Waals surface area contributed by atoms with Crippen molar-refractivity contribution in [1.29, 1.82) is 0 Å². The van der Waals surface area contributed by atoms with E-state index in [4.69, 9.17) is 10.2 Å². The highest BCUT2D eigenvalue weighted by Crippen LogP contribution is 2.00. The van der Waals surface area contributed by atoms with E-state index in [1.807, 2.05) is 6.08 Å². The number of aliphatic hydroxyl groups is 1. The molecule has 0 heterocycles. The summed E-state index contributed by atoms with van der Waals surface area (Å²) in [6, 6.07) is 0. The Morgan fingerprint density at radius 1 is 1.46 bits per heavy atom. The second kappa shape index (κ2) is 8.13. The van der Waals surface area contributed by atoms with Crippen molar-refractivity contribution < 1.29 is 15.0 Å². The minimum atomic E-state index is -0.979. The average molecular weight is 204 g/mol. The standard InChI is InChI=1S/C9H16O3S/c10-8(7-9(11)12)5-3-1-2-4-6-13/h3,5,8,10,13H,1-2,4,6-7H2,(H,11,12)/b5-3+/t8-/m1/s1.